The predicted molar refractivity (Wildman–Crippen MR) is 118 cm³/mol. The van der Waals surface area contributed by atoms with Crippen LogP contribution in [-0.2, 0) is 13.1 Å². The van der Waals surface area contributed by atoms with Crippen molar-refractivity contribution >= 4 is 5.91 Å². The third-order valence-electron chi connectivity index (χ3n) is 5.73. The van der Waals surface area contributed by atoms with Gasteiger partial charge in [0.25, 0.3) is 5.91 Å². The van der Waals surface area contributed by atoms with Crippen LogP contribution in [0, 0.1) is 12.7 Å². The van der Waals surface area contributed by atoms with Crippen LogP contribution in [0.25, 0.3) is 0 Å². The molecule has 1 amide bonds. The number of amides is 1. The number of rotatable bonds is 6. The van der Waals surface area contributed by atoms with E-state index in [2.05, 4.69) is 20.2 Å². The molecule has 31 heavy (non-hydrogen) atoms. The minimum Gasteiger partial charge on any atom is -0.348 e. The molecule has 0 aliphatic carbocycles. The summed E-state index contributed by atoms with van der Waals surface area (Å²) in [5.74, 6) is 0.654. The Kier molecular flexibility index (Phi) is 6.67. The molecule has 1 aliphatic rings. The lowest BCUT2D eigenvalue weighted by atomic mass is 9.96. The molecule has 0 bridgehead atoms. The summed E-state index contributed by atoms with van der Waals surface area (Å²) in [7, 11) is 0. The third kappa shape index (κ3) is 5.52. The second-order valence-electron chi connectivity index (χ2n) is 8.10. The first-order valence-electron chi connectivity index (χ1n) is 10.7. The summed E-state index contributed by atoms with van der Waals surface area (Å²) in [5, 5.41) is 2.94. The molecule has 1 saturated heterocycles. The zero-order valence-electron chi connectivity index (χ0n) is 17.7. The number of likely N-dealkylation sites (tertiary alicyclic amines) is 1. The van der Waals surface area contributed by atoms with Crippen molar-refractivity contribution in [1.82, 2.24) is 20.2 Å². The van der Waals surface area contributed by atoms with Gasteiger partial charge in [-0.1, -0.05) is 42.5 Å². The first kappa shape index (κ1) is 21.1. The molecule has 1 fully saturated rings. The molecular formula is C25H27FN4O. The number of piperidine rings is 1. The Balaban J connectivity index is 1.38. The van der Waals surface area contributed by atoms with Crippen LogP contribution in [0.3, 0.4) is 0 Å². The van der Waals surface area contributed by atoms with E-state index in [4.69, 9.17) is 0 Å². The zero-order chi connectivity index (χ0) is 21.6. The van der Waals surface area contributed by atoms with Crippen molar-refractivity contribution in [2.45, 2.75) is 38.8 Å². The van der Waals surface area contributed by atoms with Crippen molar-refractivity contribution in [3.05, 3.63) is 94.8 Å². The Bertz CT molecular complexity index is 1020. The highest BCUT2D eigenvalue weighted by Gasteiger charge is 2.24. The molecule has 1 unspecified atom stereocenters. The fourth-order valence-electron chi connectivity index (χ4n) is 4.04. The number of hydrogen-bond acceptors (Lipinski definition) is 4. The van der Waals surface area contributed by atoms with Crippen molar-refractivity contribution in [1.29, 1.82) is 0 Å². The molecule has 160 valence electrons. The van der Waals surface area contributed by atoms with E-state index in [0.29, 0.717) is 17.8 Å². The molecule has 0 radical (unpaired) electrons. The van der Waals surface area contributed by atoms with Crippen LogP contribution in [0.1, 0.15) is 51.8 Å². The molecule has 1 N–H and O–H groups in total. The summed E-state index contributed by atoms with van der Waals surface area (Å²) in [6.07, 6.45) is 3.74. The van der Waals surface area contributed by atoms with Crippen LogP contribution in [-0.4, -0.2) is 33.9 Å². The van der Waals surface area contributed by atoms with Gasteiger partial charge >= 0.3 is 0 Å². The van der Waals surface area contributed by atoms with E-state index in [1.165, 1.54) is 12.1 Å². The summed E-state index contributed by atoms with van der Waals surface area (Å²) >= 11 is 0. The maximum atomic E-state index is 13.2. The average Bonchev–Trinajstić information content (AvgIpc) is 2.80. The van der Waals surface area contributed by atoms with Crippen molar-refractivity contribution in [3.63, 3.8) is 0 Å². The van der Waals surface area contributed by atoms with Gasteiger partial charge in [0, 0.05) is 31.7 Å². The van der Waals surface area contributed by atoms with E-state index >= 15 is 0 Å². The van der Waals surface area contributed by atoms with Gasteiger partial charge in [0.15, 0.2) is 0 Å². The summed E-state index contributed by atoms with van der Waals surface area (Å²) in [6, 6.07) is 16.5. The standard InChI is InChI=1S/C25H27FN4O/c1-18-23(25(31)28-14-19-6-3-2-4-7-19)15-27-24(29-18)21-8-5-13-30(17-21)16-20-9-11-22(26)12-10-20/h2-4,6-7,9-12,15,21H,5,8,13-14,16-17H2,1H3,(H,28,31). The van der Waals surface area contributed by atoms with Gasteiger partial charge in [-0.2, -0.15) is 0 Å². The van der Waals surface area contributed by atoms with Gasteiger partial charge in [0.1, 0.15) is 11.6 Å². The lowest BCUT2D eigenvalue weighted by molar-refractivity contribution is 0.0949. The number of nitrogens with zero attached hydrogens (tertiary/aromatic N) is 3. The smallest absolute Gasteiger partial charge is 0.254 e. The molecular weight excluding hydrogens is 391 g/mol. The third-order valence-corrected chi connectivity index (χ3v) is 5.73. The van der Waals surface area contributed by atoms with Gasteiger partial charge < -0.3 is 5.32 Å². The maximum absolute atomic E-state index is 13.2. The summed E-state index contributed by atoms with van der Waals surface area (Å²) in [5.41, 5.74) is 3.36. The van der Waals surface area contributed by atoms with Crippen molar-refractivity contribution in [2.24, 2.45) is 0 Å². The normalized spacial score (nSPS) is 16.8. The Morgan fingerprint density at radius 1 is 1.13 bits per heavy atom. The lowest BCUT2D eigenvalue weighted by Gasteiger charge is -2.32. The molecule has 4 rings (SSSR count). The first-order chi connectivity index (χ1) is 15.1. The summed E-state index contributed by atoms with van der Waals surface area (Å²) in [6.45, 7) is 4.99. The van der Waals surface area contributed by atoms with Gasteiger partial charge in [-0.05, 0) is 49.6 Å². The highest BCUT2D eigenvalue weighted by atomic mass is 19.1. The number of benzene rings is 2. The number of halogens is 1. The van der Waals surface area contributed by atoms with Gasteiger partial charge in [-0.15, -0.1) is 0 Å². The largest absolute Gasteiger partial charge is 0.348 e. The summed E-state index contributed by atoms with van der Waals surface area (Å²) in [4.78, 5) is 24.2. The topological polar surface area (TPSA) is 58.1 Å². The SMILES string of the molecule is Cc1nc(C2CCCN(Cc3ccc(F)cc3)C2)ncc1C(=O)NCc1ccccc1. The highest BCUT2D eigenvalue weighted by molar-refractivity contribution is 5.94. The number of carbonyl (C=O) groups excluding carboxylic acids is 1. The number of hydrogen-bond donors (Lipinski definition) is 1. The van der Waals surface area contributed by atoms with E-state index in [-0.39, 0.29) is 17.6 Å². The minimum absolute atomic E-state index is 0.158. The van der Waals surface area contributed by atoms with Crippen LogP contribution in [0.4, 0.5) is 4.39 Å². The number of aryl methyl sites for hydroxylation is 1. The van der Waals surface area contributed by atoms with Crippen LogP contribution >= 0.6 is 0 Å². The van der Waals surface area contributed by atoms with E-state index in [9.17, 15) is 9.18 Å². The maximum Gasteiger partial charge on any atom is 0.254 e. The molecule has 2 heterocycles. The van der Waals surface area contributed by atoms with Crippen LogP contribution < -0.4 is 5.32 Å². The van der Waals surface area contributed by atoms with Crippen molar-refractivity contribution in [2.75, 3.05) is 13.1 Å². The average molecular weight is 419 g/mol. The molecule has 6 heteroatoms. The Hall–Kier alpha value is -3.12. The fraction of sp³-hybridized carbons (Fsp3) is 0.320. The first-order valence-corrected chi connectivity index (χ1v) is 10.7. The Morgan fingerprint density at radius 3 is 2.65 bits per heavy atom. The number of nitrogens with one attached hydrogen (secondary N) is 1. The second kappa shape index (κ2) is 9.79. The monoisotopic (exact) mass is 418 g/mol. The van der Waals surface area contributed by atoms with E-state index in [0.717, 1.165) is 49.4 Å². The number of carbonyl (C=O) groups is 1. The van der Waals surface area contributed by atoms with E-state index < -0.39 is 0 Å². The van der Waals surface area contributed by atoms with E-state index in [1.54, 1.807) is 6.20 Å². The van der Waals surface area contributed by atoms with Crippen LogP contribution in [0.5, 0.6) is 0 Å². The minimum atomic E-state index is -0.211. The predicted octanol–water partition coefficient (Wildman–Crippen LogP) is 4.23. The molecule has 1 atom stereocenters. The molecule has 3 aromatic rings. The number of aromatic nitrogens is 2. The van der Waals surface area contributed by atoms with Gasteiger partial charge in [0.2, 0.25) is 0 Å². The van der Waals surface area contributed by atoms with Gasteiger partial charge in [0.05, 0.1) is 11.3 Å². The van der Waals surface area contributed by atoms with Gasteiger partial charge in [-0.3, -0.25) is 9.69 Å². The lowest BCUT2D eigenvalue weighted by Crippen LogP contribution is -2.34. The molecule has 5 nitrogen and oxygen atoms in total. The van der Waals surface area contributed by atoms with E-state index in [1.807, 2.05) is 49.4 Å². The molecule has 1 aliphatic heterocycles. The van der Waals surface area contributed by atoms with Gasteiger partial charge in [-0.25, -0.2) is 14.4 Å². The summed E-state index contributed by atoms with van der Waals surface area (Å²) < 4.78 is 13.2. The van der Waals surface area contributed by atoms with Crippen LogP contribution in [0.15, 0.2) is 60.8 Å². The van der Waals surface area contributed by atoms with Crippen molar-refractivity contribution < 1.29 is 9.18 Å². The quantitative estimate of drug-likeness (QED) is 0.651. The Morgan fingerprint density at radius 2 is 1.90 bits per heavy atom. The molecule has 0 saturated carbocycles. The molecule has 0 spiro atoms. The Labute approximate surface area is 182 Å². The zero-order valence-corrected chi connectivity index (χ0v) is 17.7. The second-order valence-corrected chi connectivity index (χ2v) is 8.10. The van der Waals surface area contributed by atoms with Crippen LogP contribution in [0.2, 0.25) is 0 Å². The molecule has 1 aromatic heterocycles. The van der Waals surface area contributed by atoms with Crippen molar-refractivity contribution in [3.8, 4) is 0 Å². The highest BCUT2D eigenvalue weighted by Crippen LogP contribution is 2.26. The fourth-order valence-corrected chi connectivity index (χ4v) is 4.04. The molecule has 2 aromatic carbocycles.